The number of nitrogens with one attached hydrogen (secondary N) is 2. The largest absolute Gasteiger partial charge is 0.497 e. The summed E-state index contributed by atoms with van der Waals surface area (Å²) >= 11 is 0. The zero-order valence-electron chi connectivity index (χ0n) is 15.1. The Morgan fingerprint density at radius 3 is 2.65 bits per heavy atom. The van der Waals surface area contributed by atoms with Gasteiger partial charge in [-0.05, 0) is 37.0 Å². The lowest BCUT2D eigenvalue weighted by atomic mass is 10.0. The van der Waals surface area contributed by atoms with Crippen molar-refractivity contribution in [2.24, 2.45) is 10.9 Å². The average molecular weight is 321 g/mol. The molecule has 0 saturated heterocycles. The summed E-state index contributed by atoms with van der Waals surface area (Å²) in [4.78, 5) is 4.26. The van der Waals surface area contributed by atoms with Gasteiger partial charge in [-0.25, -0.2) is 0 Å². The van der Waals surface area contributed by atoms with Crippen LogP contribution in [0, 0.1) is 5.92 Å². The summed E-state index contributed by atoms with van der Waals surface area (Å²) in [5.41, 5.74) is 1.15. The highest BCUT2D eigenvalue weighted by molar-refractivity contribution is 5.79. The molecule has 2 N–H and O–H groups in total. The molecular formula is C18H31N3O2. The normalized spacial score (nSPS) is 13.0. The minimum Gasteiger partial charge on any atom is -0.497 e. The van der Waals surface area contributed by atoms with Crippen molar-refractivity contribution >= 4 is 5.96 Å². The van der Waals surface area contributed by atoms with Crippen LogP contribution in [0.15, 0.2) is 29.3 Å². The van der Waals surface area contributed by atoms with E-state index in [0.29, 0.717) is 12.5 Å². The minimum atomic E-state index is 0.281. The van der Waals surface area contributed by atoms with Crippen molar-refractivity contribution in [3.8, 4) is 5.75 Å². The van der Waals surface area contributed by atoms with Crippen molar-refractivity contribution in [1.82, 2.24) is 10.6 Å². The van der Waals surface area contributed by atoms with E-state index in [9.17, 15) is 0 Å². The van der Waals surface area contributed by atoms with Crippen molar-refractivity contribution in [2.75, 3.05) is 27.3 Å². The molecule has 0 heterocycles. The van der Waals surface area contributed by atoms with Crippen LogP contribution in [0.2, 0.25) is 0 Å². The van der Waals surface area contributed by atoms with Gasteiger partial charge in [-0.1, -0.05) is 26.0 Å². The first-order valence-corrected chi connectivity index (χ1v) is 8.29. The van der Waals surface area contributed by atoms with E-state index < -0.39 is 0 Å². The average Bonchev–Trinajstić information content (AvgIpc) is 2.56. The second-order valence-corrected chi connectivity index (χ2v) is 5.73. The van der Waals surface area contributed by atoms with Crippen molar-refractivity contribution in [3.63, 3.8) is 0 Å². The Balaban J connectivity index is 2.39. The number of benzene rings is 1. The van der Waals surface area contributed by atoms with Crippen LogP contribution in [0.3, 0.4) is 0 Å². The summed E-state index contributed by atoms with van der Waals surface area (Å²) in [6.45, 7) is 8.71. The third kappa shape index (κ3) is 7.37. The molecule has 0 aliphatic heterocycles. The topological polar surface area (TPSA) is 54.9 Å². The van der Waals surface area contributed by atoms with Gasteiger partial charge in [0.15, 0.2) is 5.96 Å². The second kappa shape index (κ2) is 10.9. The molecule has 5 nitrogen and oxygen atoms in total. The Hall–Kier alpha value is -1.75. The SMILES string of the molecule is CCOC(CCNC(=NC)NCc1cccc(OC)c1)C(C)C. The number of nitrogens with zero attached hydrogens (tertiary/aromatic N) is 1. The van der Waals surface area contributed by atoms with Crippen molar-refractivity contribution < 1.29 is 9.47 Å². The summed E-state index contributed by atoms with van der Waals surface area (Å²) in [6, 6.07) is 8.01. The molecule has 0 spiro atoms. The zero-order valence-corrected chi connectivity index (χ0v) is 15.1. The van der Waals surface area contributed by atoms with Crippen LogP contribution >= 0.6 is 0 Å². The fourth-order valence-corrected chi connectivity index (χ4v) is 2.34. The predicted octanol–water partition coefficient (Wildman–Crippen LogP) is 2.81. The molecule has 0 aromatic heterocycles. The number of hydrogen-bond acceptors (Lipinski definition) is 3. The van der Waals surface area contributed by atoms with Gasteiger partial charge in [-0.3, -0.25) is 4.99 Å². The van der Waals surface area contributed by atoms with Crippen LogP contribution in [-0.2, 0) is 11.3 Å². The highest BCUT2D eigenvalue weighted by Crippen LogP contribution is 2.12. The Bertz CT molecular complexity index is 475. The van der Waals surface area contributed by atoms with Crippen LogP contribution in [0.4, 0.5) is 0 Å². The molecule has 1 atom stereocenters. The van der Waals surface area contributed by atoms with E-state index in [0.717, 1.165) is 36.8 Å². The van der Waals surface area contributed by atoms with Crippen molar-refractivity contribution in [1.29, 1.82) is 0 Å². The zero-order chi connectivity index (χ0) is 17.1. The molecule has 0 aliphatic carbocycles. The molecule has 0 saturated carbocycles. The molecule has 130 valence electrons. The predicted molar refractivity (Wildman–Crippen MR) is 96.1 cm³/mol. The van der Waals surface area contributed by atoms with Crippen LogP contribution in [-0.4, -0.2) is 39.4 Å². The second-order valence-electron chi connectivity index (χ2n) is 5.73. The number of rotatable bonds is 9. The first-order chi connectivity index (χ1) is 11.1. The van der Waals surface area contributed by atoms with E-state index in [1.807, 2.05) is 25.1 Å². The standard InChI is InChI=1S/C18H31N3O2/c1-6-23-17(14(2)3)10-11-20-18(19-4)21-13-15-8-7-9-16(12-15)22-5/h7-9,12,14,17H,6,10-11,13H2,1-5H3,(H2,19,20,21). The number of aliphatic imine (C=N–C) groups is 1. The third-order valence-electron chi connectivity index (χ3n) is 3.66. The summed E-state index contributed by atoms with van der Waals surface area (Å²) < 4.78 is 11.0. The quantitative estimate of drug-likeness (QED) is 0.542. The van der Waals surface area contributed by atoms with Gasteiger partial charge in [-0.2, -0.15) is 0 Å². The van der Waals surface area contributed by atoms with Crippen molar-refractivity contribution in [2.45, 2.75) is 39.8 Å². The Morgan fingerprint density at radius 2 is 2.04 bits per heavy atom. The van der Waals surface area contributed by atoms with E-state index in [4.69, 9.17) is 9.47 Å². The van der Waals surface area contributed by atoms with Gasteiger partial charge in [0, 0.05) is 26.7 Å². The van der Waals surface area contributed by atoms with Gasteiger partial charge in [0.05, 0.1) is 13.2 Å². The smallest absolute Gasteiger partial charge is 0.191 e. The van der Waals surface area contributed by atoms with Crippen LogP contribution in [0.5, 0.6) is 5.75 Å². The van der Waals surface area contributed by atoms with E-state index in [1.165, 1.54) is 0 Å². The summed E-state index contributed by atoms with van der Waals surface area (Å²) in [6.07, 6.45) is 1.25. The Kier molecular flexibility index (Phi) is 9.14. The Morgan fingerprint density at radius 1 is 1.26 bits per heavy atom. The maximum atomic E-state index is 5.76. The molecule has 23 heavy (non-hydrogen) atoms. The molecule has 0 amide bonds. The van der Waals surface area contributed by atoms with Crippen LogP contribution < -0.4 is 15.4 Å². The van der Waals surface area contributed by atoms with Gasteiger partial charge in [0.2, 0.25) is 0 Å². The molecule has 0 bridgehead atoms. The van der Waals surface area contributed by atoms with Crippen molar-refractivity contribution in [3.05, 3.63) is 29.8 Å². The first-order valence-electron chi connectivity index (χ1n) is 8.29. The molecule has 0 radical (unpaired) electrons. The maximum absolute atomic E-state index is 5.76. The molecule has 1 aromatic carbocycles. The van der Waals surface area contributed by atoms with Crippen LogP contribution in [0.1, 0.15) is 32.8 Å². The summed E-state index contributed by atoms with van der Waals surface area (Å²) in [5, 5.41) is 6.65. The minimum absolute atomic E-state index is 0.281. The molecule has 0 aliphatic rings. The van der Waals surface area contributed by atoms with Gasteiger partial charge in [-0.15, -0.1) is 0 Å². The highest BCUT2D eigenvalue weighted by Gasteiger charge is 2.12. The molecular weight excluding hydrogens is 290 g/mol. The van der Waals surface area contributed by atoms with E-state index in [1.54, 1.807) is 14.2 Å². The molecule has 1 rings (SSSR count). The summed E-state index contributed by atoms with van der Waals surface area (Å²) in [7, 11) is 3.46. The lowest BCUT2D eigenvalue weighted by molar-refractivity contribution is 0.0258. The van der Waals surface area contributed by atoms with Gasteiger partial charge in [0.25, 0.3) is 0 Å². The lowest BCUT2D eigenvalue weighted by Crippen LogP contribution is -2.38. The number of hydrogen-bond donors (Lipinski definition) is 2. The third-order valence-corrected chi connectivity index (χ3v) is 3.66. The molecule has 5 heteroatoms. The molecule has 1 aromatic rings. The summed E-state index contributed by atoms with van der Waals surface area (Å²) in [5.74, 6) is 2.18. The fourth-order valence-electron chi connectivity index (χ4n) is 2.34. The lowest BCUT2D eigenvalue weighted by Gasteiger charge is -2.21. The number of guanidine groups is 1. The van der Waals surface area contributed by atoms with E-state index in [2.05, 4.69) is 35.5 Å². The monoisotopic (exact) mass is 321 g/mol. The van der Waals surface area contributed by atoms with Gasteiger partial charge >= 0.3 is 0 Å². The first kappa shape index (κ1) is 19.3. The highest BCUT2D eigenvalue weighted by atomic mass is 16.5. The Labute approximate surface area is 140 Å². The van der Waals surface area contributed by atoms with Gasteiger partial charge in [0.1, 0.15) is 5.75 Å². The molecule has 0 fully saturated rings. The van der Waals surface area contributed by atoms with Gasteiger partial charge < -0.3 is 20.1 Å². The molecule has 1 unspecified atom stereocenters. The maximum Gasteiger partial charge on any atom is 0.191 e. The van der Waals surface area contributed by atoms with E-state index >= 15 is 0 Å². The number of ether oxygens (including phenoxy) is 2. The number of methoxy groups -OCH3 is 1. The van der Waals surface area contributed by atoms with E-state index in [-0.39, 0.29) is 6.10 Å². The fraction of sp³-hybridized carbons (Fsp3) is 0.611. The van der Waals surface area contributed by atoms with Crippen LogP contribution in [0.25, 0.3) is 0 Å².